The minimum absolute atomic E-state index is 0.457. The maximum absolute atomic E-state index is 11.5. The molecule has 1 aromatic carbocycles. The predicted molar refractivity (Wildman–Crippen MR) is 75.6 cm³/mol. The molecule has 0 bridgehead atoms. The first-order valence-electron chi connectivity index (χ1n) is 6.46. The molecule has 0 spiro atoms. The van der Waals surface area contributed by atoms with Gasteiger partial charge < -0.3 is 10.0 Å². The summed E-state index contributed by atoms with van der Waals surface area (Å²) in [5.74, 6) is -0.774. The summed E-state index contributed by atoms with van der Waals surface area (Å²) in [4.78, 5) is 15.7. The van der Waals surface area contributed by atoms with Gasteiger partial charge in [-0.1, -0.05) is 29.8 Å². The van der Waals surface area contributed by atoms with E-state index in [0.29, 0.717) is 11.4 Å². The van der Waals surface area contributed by atoms with Crippen LogP contribution >= 0.6 is 11.6 Å². The van der Waals surface area contributed by atoms with Gasteiger partial charge >= 0.3 is 5.97 Å². The molecule has 4 nitrogen and oxygen atoms in total. The van der Waals surface area contributed by atoms with Gasteiger partial charge in [0, 0.05) is 37.6 Å². The maximum atomic E-state index is 11.5. The Morgan fingerprint density at radius 1 is 1.32 bits per heavy atom. The second kappa shape index (κ2) is 6.37. The lowest BCUT2D eigenvalue weighted by molar-refractivity contribution is -0.144. The number of likely N-dealkylation sites (N-methyl/N-ethyl adjacent to an activating group) is 1. The Morgan fingerprint density at radius 2 is 1.95 bits per heavy atom. The third kappa shape index (κ3) is 3.69. The molecule has 1 N–H and O–H groups in total. The summed E-state index contributed by atoms with van der Waals surface area (Å²) in [6.45, 7) is 3.40. The summed E-state index contributed by atoms with van der Waals surface area (Å²) in [6, 6.07) is 6.96. The van der Waals surface area contributed by atoms with E-state index in [1.165, 1.54) is 0 Å². The highest BCUT2D eigenvalue weighted by Crippen LogP contribution is 2.19. The van der Waals surface area contributed by atoms with E-state index < -0.39 is 12.0 Å². The third-order valence-electron chi connectivity index (χ3n) is 3.63. The zero-order chi connectivity index (χ0) is 13.8. The van der Waals surface area contributed by atoms with Crippen LogP contribution in [0.1, 0.15) is 5.56 Å². The van der Waals surface area contributed by atoms with Crippen LogP contribution in [-0.2, 0) is 11.2 Å². The summed E-state index contributed by atoms with van der Waals surface area (Å²) < 4.78 is 0. The number of benzene rings is 1. The second-order valence-corrected chi connectivity index (χ2v) is 5.40. The van der Waals surface area contributed by atoms with Crippen molar-refractivity contribution in [1.29, 1.82) is 0 Å². The van der Waals surface area contributed by atoms with E-state index in [2.05, 4.69) is 11.9 Å². The Kier molecular flexibility index (Phi) is 4.80. The molecule has 1 aromatic rings. The molecule has 1 aliphatic heterocycles. The number of carboxylic acids is 1. The van der Waals surface area contributed by atoms with Crippen LogP contribution in [0.2, 0.25) is 5.02 Å². The van der Waals surface area contributed by atoms with Crippen molar-refractivity contribution >= 4 is 17.6 Å². The van der Waals surface area contributed by atoms with Crippen LogP contribution < -0.4 is 0 Å². The minimum atomic E-state index is -0.774. The van der Waals surface area contributed by atoms with Gasteiger partial charge in [-0.25, -0.2) is 0 Å². The van der Waals surface area contributed by atoms with E-state index in [-0.39, 0.29) is 0 Å². The average Bonchev–Trinajstić information content (AvgIpc) is 2.39. The van der Waals surface area contributed by atoms with Crippen molar-refractivity contribution in [2.45, 2.75) is 12.5 Å². The quantitative estimate of drug-likeness (QED) is 0.911. The van der Waals surface area contributed by atoms with Gasteiger partial charge in [-0.15, -0.1) is 0 Å². The van der Waals surface area contributed by atoms with E-state index >= 15 is 0 Å². The summed E-state index contributed by atoms with van der Waals surface area (Å²) in [7, 11) is 2.06. The van der Waals surface area contributed by atoms with Crippen LogP contribution in [0, 0.1) is 0 Å². The Balaban J connectivity index is 2.09. The Bertz CT molecular complexity index is 445. The van der Waals surface area contributed by atoms with E-state index in [9.17, 15) is 9.90 Å². The first kappa shape index (κ1) is 14.3. The Hall–Kier alpha value is -1.10. The number of aliphatic carboxylic acids is 1. The lowest BCUT2D eigenvalue weighted by atomic mass is 10.0. The van der Waals surface area contributed by atoms with Crippen molar-refractivity contribution in [2.75, 3.05) is 33.2 Å². The predicted octanol–water partition coefficient (Wildman–Crippen LogP) is 1.58. The monoisotopic (exact) mass is 282 g/mol. The van der Waals surface area contributed by atoms with Gasteiger partial charge in [-0.05, 0) is 18.7 Å². The van der Waals surface area contributed by atoms with Gasteiger partial charge in [0.05, 0.1) is 0 Å². The molecule has 2 rings (SSSR count). The molecule has 0 amide bonds. The number of halogens is 1. The van der Waals surface area contributed by atoms with Gasteiger partial charge in [0.2, 0.25) is 0 Å². The van der Waals surface area contributed by atoms with Crippen molar-refractivity contribution in [2.24, 2.45) is 0 Å². The zero-order valence-electron chi connectivity index (χ0n) is 11.1. The van der Waals surface area contributed by atoms with Gasteiger partial charge in [0.25, 0.3) is 0 Å². The zero-order valence-corrected chi connectivity index (χ0v) is 11.8. The van der Waals surface area contributed by atoms with Crippen LogP contribution in [0.4, 0.5) is 0 Å². The minimum Gasteiger partial charge on any atom is -0.480 e. The van der Waals surface area contributed by atoms with E-state index in [0.717, 1.165) is 31.7 Å². The van der Waals surface area contributed by atoms with Crippen molar-refractivity contribution in [1.82, 2.24) is 9.80 Å². The standard InChI is InChI=1S/C14H19ClN2O2/c1-16-6-8-17(9-7-16)13(14(18)19)10-11-4-2-3-5-12(11)15/h2-5,13H,6-10H2,1H3,(H,18,19). The Morgan fingerprint density at radius 3 is 2.53 bits per heavy atom. The third-order valence-corrected chi connectivity index (χ3v) is 4.00. The number of rotatable bonds is 4. The Labute approximate surface area is 118 Å². The molecule has 0 aliphatic carbocycles. The number of hydrogen-bond acceptors (Lipinski definition) is 3. The van der Waals surface area contributed by atoms with Gasteiger partial charge in [0.15, 0.2) is 0 Å². The van der Waals surface area contributed by atoms with Crippen molar-refractivity contribution in [3.63, 3.8) is 0 Å². The van der Waals surface area contributed by atoms with Gasteiger partial charge in [-0.3, -0.25) is 9.69 Å². The molecule has 0 radical (unpaired) electrons. The molecule has 104 valence electrons. The number of carbonyl (C=O) groups is 1. The fraction of sp³-hybridized carbons (Fsp3) is 0.500. The van der Waals surface area contributed by atoms with Crippen LogP contribution in [0.5, 0.6) is 0 Å². The van der Waals surface area contributed by atoms with Crippen LogP contribution in [0.25, 0.3) is 0 Å². The van der Waals surface area contributed by atoms with Crippen LogP contribution in [0.3, 0.4) is 0 Å². The van der Waals surface area contributed by atoms with Gasteiger partial charge in [0.1, 0.15) is 6.04 Å². The molecule has 19 heavy (non-hydrogen) atoms. The average molecular weight is 283 g/mol. The highest BCUT2D eigenvalue weighted by Gasteiger charge is 2.28. The largest absolute Gasteiger partial charge is 0.480 e. The van der Waals surface area contributed by atoms with Crippen molar-refractivity contribution in [3.05, 3.63) is 34.9 Å². The van der Waals surface area contributed by atoms with Crippen molar-refractivity contribution in [3.8, 4) is 0 Å². The first-order chi connectivity index (χ1) is 9.08. The molecule has 5 heteroatoms. The number of piperazine rings is 1. The number of nitrogens with zero attached hydrogens (tertiary/aromatic N) is 2. The van der Waals surface area contributed by atoms with Crippen LogP contribution in [0.15, 0.2) is 24.3 Å². The highest BCUT2D eigenvalue weighted by atomic mass is 35.5. The molecule has 1 atom stereocenters. The molecular formula is C14H19ClN2O2. The number of hydrogen-bond donors (Lipinski definition) is 1. The maximum Gasteiger partial charge on any atom is 0.321 e. The van der Waals surface area contributed by atoms with Gasteiger partial charge in [-0.2, -0.15) is 0 Å². The molecule has 1 unspecified atom stereocenters. The smallest absolute Gasteiger partial charge is 0.321 e. The van der Waals surface area contributed by atoms with Crippen LogP contribution in [-0.4, -0.2) is 60.1 Å². The molecular weight excluding hydrogens is 264 g/mol. The number of carboxylic acid groups (broad SMARTS) is 1. The molecule has 0 aromatic heterocycles. The molecule has 1 aliphatic rings. The topological polar surface area (TPSA) is 43.8 Å². The molecule has 1 saturated heterocycles. The normalized spacial score (nSPS) is 19.3. The fourth-order valence-corrected chi connectivity index (χ4v) is 2.59. The van der Waals surface area contributed by atoms with Crippen molar-refractivity contribution < 1.29 is 9.90 Å². The molecule has 0 saturated carbocycles. The highest BCUT2D eigenvalue weighted by molar-refractivity contribution is 6.31. The second-order valence-electron chi connectivity index (χ2n) is 4.99. The molecule has 1 fully saturated rings. The summed E-state index contributed by atoms with van der Waals surface area (Å²) >= 11 is 6.12. The summed E-state index contributed by atoms with van der Waals surface area (Å²) in [6.07, 6.45) is 0.457. The van der Waals surface area contributed by atoms with E-state index in [1.807, 2.05) is 23.1 Å². The summed E-state index contributed by atoms with van der Waals surface area (Å²) in [5, 5.41) is 10.1. The SMILES string of the molecule is CN1CCN(C(Cc2ccccc2Cl)C(=O)O)CC1. The fourth-order valence-electron chi connectivity index (χ4n) is 2.38. The molecule has 1 heterocycles. The van der Waals surface area contributed by atoms with E-state index in [1.54, 1.807) is 6.07 Å². The van der Waals surface area contributed by atoms with E-state index in [4.69, 9.17) is 11.6 Å². The lowest BCUT2D eigenvalue weighted by Crippen LogP contribution is -2.52. The summed E-state index contributed by atoms with van der Waals surface area (Å²) in [5.41, 5.74) is 0.899. The lowest BCUT2D eigenvalue weighted by Gasteiger charge is -2.36. The first-order valence-corrected chi connectivity index (χ1v) is 6.84.